The van der Waals surface area contributed by atoms with Gasteiger partial charge in [0.1, 0.15) is 6.61 Å². The number of ether oxygens (including phenoxy) is 1. The number of esters is 1. The van der Waals surface area contributed by atoms with Crippen molar-refractivity contribution in [2.75, 3.05) is 13.2 Å². The first kappa shape index (κ1) is 28.3. The topological polar surface area (TPSA) is 105 Å². The summed E-state index contributed by atoms with van der Waals surface area (Å²) in [5.74, 6) is -1.27. The predicted molar refractivity (Wildman–Crippen MR) is 146 cm³/mol. The van der Waals surface area contributed by atoms with E-state index >= 15 is 0 Å². The molecule has 0 bridgehead atoms. The Hall–Kier alpha value is -2.67. The Morgan fingerprint density at radius 3 is 2.39 bits per heavy atom. The fourth-order valence-corrected chi connectivity index (χ4v) is 6.34. The average molecular weight is 525 g/mol. The van der Waals surface area contributed by atoms with E-state index in [0.717, 1.165) is 76.2 Å². The molecule has 2 fully saturated rings. The molecule has 2 aliphatic carbocycles. The van der Waals surface area contributed by atoms with Gasteiger partial charge in [0.05, 0.1) is 29.5 Å². The fourth-order valence-electron chi connectivity index (χ4n) is 6.34. The molecule has 1 spiro atoms. The van der Waals surface area contributed by atoms with Crippen LogP contribution in [0, 0.1) is 11.8 Å². The normalized spacial score (nSPS) is 25.9. The number of benzene rings is 1. The summed E-state index contributed by atoms with van der Waals surface area (Å²) in [4.78, 5) is 39.8. The lowest BCUT2D eigenvalue weighted by Gasteiger charge is -2.33. The highest BCUT2D eigenvalue weighted by molar-refractivity contribution is 5.86. The van der Waals surface area contributed by atoms with E-state index in [9.17, 15) is 19.5 Å². The highest BCUT2D eigenvalue weighted by atomic mass is 16.5. The van der Waals surface area contributed by atoms with Crippen LogP contribution < -0.4 is 10.6 Å². The smallest absolute Gasteiger partial charge is 0.309 e. The Kier molecular flexibility index (Phi) is 10.0. The molecule has 2 saturated carbocycles. The first-order valence-corrected chi connectivity index (χ1v) is 14.5. The van der Waals surface area contributed by atoms with Gasteiger partial charge in [0, 0.05) is 6.42 Å². The molecule has 1 heterocycles. The number of carbonyl (C=O) groups is 3. The van der Waals surface area contributed by atoms with Gasteiger partial charge in [-0.3, -0.25) is 14.4 Å². The Labute approximate surface area is 226 Å². The molecule has 0 aromatic heterocycles. The molecule has 1 aromatic carbocycles. The largest absolute Gasteiger partial charge is 0.463 e. The summed E-state index contributed by atoms with van der Waals surface area (Å²) >= 11 is 0. The van der Waals surface area contributed by atoms with Crippen LogP contribution in [-0.2, 0) is 25.5 Å². The zero-order valence-corrected chi connectivity index (χ0v) is 22.6. The second kappa shape index (κ2) is 13.4. The number of nitrogens with one attached hydrogen (secondary N) is 2. The van der Waals surface area contributed by atoms with Crippen molar-refractivity contribution < 1.29 is 24.2 Å². The number of allylic oxidation sites excluding steroid dienone is 2. The highest BCUT2D eigenvalue weighted by Crippen LogP contribution is 2.32. The lowest BCUT2D eigenvalue weighted by atomic mass is 9.91. The first-order valence-electron chi connectivity index (χ1n) is 14.5. The van der Waals surface area contributed by atoms with Gasteiger partial charge >= 0.3 is 5.97 Å². The molecule has 0 unspecified atom stereocenters. The molecular weight excluding hydrogens is 480 g/mol. The molecule has 3 N–H and O–H groups in total. The fraction of sp³-hybridized carbons (Fsp3) is 0.645. The van der Waals surface area contributed by atoms with Crippen molar-refractivity contribution in [1.82, 2.24) is 10.6 Å². The number of hydrogen-bond donors (Lipinski definition) is 3. The molecule has 2 atom stereocenters. The van der Waals surface area contributed by atoms with Crippen LogP contribution in [0.25, 0.3) is 0 Å². The van der Waals surface area contributed by atoms with Gasteiger partial charge < -0.3 is 20.5 Å². The van der Waals surface area contributed by atoms with Crippen LogP contribution in [0.4, 0.5) is 0 Å². The van der Waals surface area contributed by atoms with Gasteiger partial charge in [-0.1, -0.05) is 68.2 Å². The highest BCUT2D eigenvalue weighted by Gasteiger charge is 2.40. The molecule has 0 radical (unpaired) electrons. The lowest BCUT2D eigenvalue weighted by molar-refractivity contribution is -0.152. The van der Waals surface area contributed by atoms with Gasteiger partial charge in [0.25, 0.3) is 0 Å². The van der Waals surface area contributed by atoms with Crippen LogP contribution in [0.5, 0.6) is 0 Å². The summed E-state index contributed by atoms with van der Waals surface area (Å²) in [5.41, 5.74) is -0.0105. The molecule has 4 rings (SSSR count). The van der Waals surface area contributed by atoms with E-state index in [1.54, 1.807) is 0 Å². The lowest BCUT2D eigenvalue weighted by Crippen LogP contribution is -2.53. The number of aliphatic hydroxyl groups is 1. The third-order valence-electron chi connectivity index (χ3n) is 8.68. The number of cyclic esters (lactones) is 1. The van der Waals surface area contributed by atoms with Crippen LogP contribution in [0.3, 0.4) is 0 Å². The Morgan fingerprint density at radius 2 is 1.68 bits per heavy atom. The maximum absolute atomic E-state index is 13.5. The second-order valence-corrected chi connectivity index (χ2v) is 11.7. The quantitative estimate of drug-likeness (QED) is 0.379. The maximum atomic E-state index is 13.5. The summed E-state index contributed by atoms with van der Waals surface area (Å²) in [7, 11) is 0. The van der Waals surface area contributed by atoms with Crippen molar-refractivity contribution >= 4 is 17.8 Å². The van der Waals surface area contributed by atoms with Crippen LogP contribution in [0.2, 0.25) is 0 Å². The average Bonchev–Trinajstić information content (AvgIpc) is 3.58. The summed E-state index contributed by atoms with van der Waals surface area (Å²) in [6.45, 7) is 0.0977. The summed E-state index contributed by atoms with van der Waals surface area (Å²) in [6.07, 6.45) is 14.6. The minimum Gasteiger partial charge on any atom is -0.463 e. The molecule has 0 saturated heterocycles. The molecule has 208 valence electrons. The Morgan fingerprint density at radius 1 is 0.974 bits per heavy atom. The van der Waals surface area contributed by atoms with Gasteiger partial charge in [-0.15, -0.1) is 0 Å². The zero-order valence-electron chi connectivity index (χ0n) is 22.6. The molecule has 7 heteroatoms. The number of rotatable bonds is 6. The van der Waals surface area contributed by atoms with Gasteiger partial charge in [-0.05, 0) is 63.4 Å². The minimum atomic E-state index is -0.579. The molecular formula is C31H44N2O5. The van der Waals surface area contributed by atoms with E-state index in [-0.39, 0.29) is 43.3 Å². The van der Waals surface area contributed by atoms with Gasteiger partial charge in [0.2, 0.25) is 11.8 Å². The van der Waals surface area contributed by atoms with Crippen LogP contribution in [-0.4, -0.2) is 47.2 Å². The summed E-state index contributed by atoms with van der Waals surface area (Å²) in [5, 5.41) is 16.2. The number of amides is 2. The van der Waals surface area contributed by atoms with Gasteiger partial charge in [-0.25, -0.2) is 0 Å². The first-order chi connectivity index (χ1) is 18.4. The zero-order chi connectivity index (χ0) is 26.8. The molecule has 3 aliphatic rings. The van der Waals surface area contributed by atoms with E-state index in [0.29, 0.717) is 12.8 Å². The molecule has 1 aromatic rings. The van der Waals surface area contributed by atoms with Crippen molar-refractivity contribution in [1.29, 1.82) is 0 Å². The van der Waals surface area contributed by atoms with E-state index in [1.807, 2.05) is 36.4 Å². The number of aliphatic hydroxyl groups excluding tert-OH is 1. The van der Waals surface area contributed by atoms with Crippen molar-refractivity contribution in [2.24, 2.45) is 11.8 Å². The maximum Gasteiger partial charge on any atom is 0.309 e. The molecule has 1 aliphatic heterocycles. The van der Waals surface area contributed by atoms with Crippen molar-refractivity contribution in [2.45, 2.75) is 101 Å². The predicted octanol–water partition coefficient (Wildman–Crippen LogP) is 4.38. The molecule has 7 nitrogen and oxygen atoms in total. The molecule has 38 heavy (non-hydrogen) atoms. The van der Waals surface area contributed by atoms with Crippen molar-refractivity contribution in [3.8, 4) is 0 Å². The van der Waals surface area contributed by atoms with Crippen LogP contribution >= 0.6 is 0 Å². The van der Waals surface area contributed by atoms with E-state index in [2.05, 4.69) is 16.7 Å². The minimum absolute atomic E-state index is 0.0742. The van der Waals surface area contributed by atoms with Crippen molar-refractivity contribution in [3.05, 3.63) is 48.0 Å². The third-order valence-corrected chi connectivity index (χ3v) is 8.68. The van der Waals surface area contributed by atoms with E-state index in [4.69, 9.17) is 4.74 Å². The number of hydrogen-bond acceptors (Lipinski definition) is 5. The van der Waals surface area contributed by atoms with E-state index < -0.39 is 17.0 Å². The Balaban J connectivity index is 1.46. The summed E-state index contributed by atoms with van der Waals surface area (Å²) < 4.78 is 5.91. The monoisotopic (exact) mass is 524 g/mol. The van der Waals surface area contributed by atoms with Crippen LogP contribution in [0.1, 0.15) is 89.0 Å². The van der Waals surface area contributed by atoms with E-state index in [1.165, 1.54) is 0 Å². The molecule has 2 amide bonds. The van der Waals surface area contributed by atoms with Crippen molar-refractivity contribution in [3.63, 3.8) is 0 Å². The third kappa shape index (κ3) is 7.68. The second-order valence-electron chi connectivity index (χ2n) is 11.7. The number of carbonyl (C=O) groups excluding carboxylic acids is 3. The van der Waals surface area contributed by atoms with Gasteiger partial charge in [0.15, 0.2) is 0 Å². The van der Waals surface area contributed by atoms with Crippen LogP contribution in [0.15, 0.2) is 42.5 Å². The summed E-state index contributed by atoms with van der Waals surface area (Å²) in [6, 6.07) is 10.0. The standard InChI is InChI=1S/C31H44N2O5/c34-22-30(16-8-9-17-30)32-27(35)21-25-14-6-1-2-7-15-26(20-24-12-4-3-5-13-24)29(37)38-23-31(33-28(25)36)18-10-11-19-31/h1,3-6,12-13,25-26,34H,2,7-11,14-23H2,(H,32,35)(H,33,36)/t25-,26-/m1/s1. The van der Waals surface area contributed by atoms with Gasteiger partial charge in [-0.2, -0.15) is 0 Å². The SMILES string of the molecule is O=C(C[C@H]1CC=CCCC[C@H](Cc2ccccc2)C(=O)OCC2(CCCC2)NC1=O)NC1(CO)CCCC1. The Bertz CT molecular complexity index is 964.